The van der Waals surface area contributed by atoms with Gasteiger partial charge in [-0.05, 0) is 38.4 Å². The van der Waals surface area contributed by atoms with E-state index in [4.69, 9.17) is 0 Å². The van der Waals surface area contributed by atoms with Crippen LogP contribution in [0.4, 0.5) is 0 Å². The first-order valence-electron chi connectivity index (χ1n) is 8.52. The second-order valence-corrected chi connectivity index (χ2v) is 7.89. The molecule has 0 saturated carbocycles. The molecule has 0 bridgehead atoms. The lowest BCUT2D eigenvalue weighted by Crippen LogP contribution is -2.39. The first-order chi connectivity index (χ1) is 12.2. The van der Waals surface area contributed by atoms with Crippen LogP contribution >= 0.6 is 0 Å². The molecular weight excluding hydrogens is 356 g/mol. The fourth-order valence-electron chi connectivity index (χ4n) is 2.23. The van der Waals surface area contributed by atoms with Gasteiger partial charge in [0.1, 0.15) is 0 Å². The third-order valence-electron chi connectivity index (χ3n) is 3.75. The summed E-state index contributed by atoms with van der Waals surface area (Å²) in [7, 11) is 0.248. The average Bonchev–Trinajstić information content (AvgIpc) is 2.60. The predicted octanol–water partition coefficient (Wildman–Crippen LogP) is 0.125. The van der Waals surface area contributed by atoms with Crippen LogP contribution in [0.5, 0.6) is 0 Å². The van der Waals surface area contributed by atoms with Crippen molar-refractivity contribution in [1.82, 2.24) is 19.8 Å². The molecule has 146 valence electrons. The van der Waals surface area contributed by atoms with Gasteiger partial charge in [-0.15, -0.1) is 0 Å². The maximum absolute atomic E-state index is 12.4. The lowest BCUT2D eigenvalue weighted by Gasteiger charge is -2.18. The first-order valence-corrected chi connectivity index (χ1v) is 9.96. The lowest BCUT2D eigenvalue weighted by atomic mass is 10.2. The van der Waals surface area contributed by atoms with E-state index in [9.17, 15) is 18.0 Å². The van der Waals surface area contributed by atoms with Gasteiger partial charge in [-0.2, -0.15) is 4.31 Å². The molecule has 2 N–H and O–H groups in total. The summed E-state index contributed by atoms with van der Waals surface area (Å²) in [5.74, 6) is -0.708. The normalized spacial score (nSPS) is 11.6. The van der Waals surface area contributed by atoms with Crippen LogP contribution in [0.15, 0.2) is 29.2 Å². The molecule has 0 aromatic heterocycles. The maximum atomic E-state index is 12.4. The number of carbonyl (C=O) groups is 2. The Hall–Kier alpha value is -1.97. The van der Waals surface area contributed by atoms with Crippen molar-refractivity contribution >= 4 is 21.8 Å². The second kappa shape index (κ2) is 10.2. The minimum Gasteiger partial charge on any atom is -0.353 e. The Kier molecular flexibility index (Phi) is 8.70. The molecule has 2 amide bonds. The van der Waals surface area contributed by atoms with Crippen molar-refractivity contribution in [2.75, 3.05) is 46.8 Å². The van der Waals surface area contributed by atoms with E-state index in [-0.39, 0.29) is 17.3 Å². The SMILES string of the molecule is CCN(CC)S(=O)(=O)c1ccc(C(=O)NCC(=O)NCCN(C)C)cc1. The number of benzene rings is 1. The van der Waals surface area contributed by atoms with Gasteiger partial charge in [0.2, 0.25) is 15.9 Å². The third-order valence-corrected chi connectivity index (χ3v) is 5.81. The highest BCUT2D eigenvalue weighted by Gasteiger charge is 2.21. The summed E-state index contributed by atoms with van der Waals surface area (Å²) in [5.41, 5.74) is 0.296. The zero-order valence-electron chi connectivity index (χ0n) is 15.8. The Bertz CT molecular complexity index is 698. The van der Waals surface area contributed by atoms with E-state index in [1.807, 2.05) is 19.0 Å². The zero-order chi connectivity index (χ0) is 19.7. The minimum atomic E-state index is -3.55. The number of likely N-dealkylation sites (N-methyl/N-ethyl adjacent to an activating group) is 1. The van der Waals surface area contributed by atoms with E-state index >= 15 is 0 Å². The molecule has 0 unspecified atom stereocenters. The number of hydrogen-bond donors (Lipinski definition) is 2. The number of sulfonamides is 1. The van der Waals surface area contributed by atoms with Crippen molar-refractivity contribution in [3.63, 3.8) is 0 Å². The van der Waals surface area contributed by atoms with Gasteiger partial charge in [0.25, 0.3) is 5.91 Å². The molecule has 0 heterocycles. The molecule has 0 aliphatic carbocycles. The van der Waals surface area contributed by atoms with E-state index < -0.39 is 15.9 Å². The van der Waals surface area contributed by atoms with E-state index in [2.05, 4.69) is 10.6 Å². The quantitative estimate of drug-likeness (QED) is 0.597. The van der Waals surface area contributed by atoms with Crippen molar-refractivity contribution in [2.24, 2.45) is 0 Å². The highest BCUT2D eigenvalue weighted by molar-refractivity contribution is 7.89. The van der Waals surface area contributed by atoms with Crippen molar-refractivity contribution in [2.45, 2.75) is 18.7 Å². The van der Waals surface area contributed by atoms with Crippen LogP contribution < -0.4 is 10.6 Å². The Morgan fingerprint density at radius 2 is 1.58 bits per heavy atom. The van der Waals surface area contributed by atoms with Gasteiger partial charge >= 0.3 is 0 Å². The Morgan fingerprint density at radius 1 is 1.00 bits per heavy atom. The molecule has 1 aromatic rings. The maximum Gasteiger partial charge on any atom is 0.251 e. The molecule has 0 radical (unpaired) electrons. The highest BCUT2D eigenvalue weighted by atomic mass is 32.2. The van der Waals surface area contributed by atoms with Crippen LogP contribution in [-0.2, 0) is 14.8 Å². The molecule has 0 spiro atoms. The van der Waals surface area contributed by atoms with Crippen LogP contribution in [0.25, 0.3) is 0 Å². The Balaban J connectivity index is 2.63. The second-order valence-electron chi connectivity index (χ2n) is 5.95. The fraction of sp³-hybridized carbons (Fsp3) is 0.529. The van der Waals surface area contributed by atoms with Gasteiger partial charge in [0, 0.05) is 31.7 Å². The molecule has 8 nitrogen and oxygen atoms in total. The first kappa shape index (κ1) is 22.1. The predicted molar refractivity (Wildman–Crippen MR) is 100 cm³/mol. The number of hydrogen-bond acceptors (Lipinski definition) is 5. The monoisotopic (exact) mass is 384 g/mol. The van der Waals surface area contributed by atoms with Crippen LogP contribution in [0.3, 0.4) is 0 Å². The Labute approximate surface area is 155 Å². The van der Waals surface area contributed by atoms with Crippen molar-refractivity contribution in [3.8, 4) is 0 Å². The Morgan fingerprint density at radius 3 is 2.08 bits per heavy atom. The van der Waals surface area contributed by atoms with Gasteiger partial charge in [-0.3, -0.25) is 9.59 Å². The topological polar surface area (TPSA) is 98.8 Å². The molecule has 0 saturated heterocycles. The fourth-order valence-corrected chi connectivity index (χ4v) is 3.69. The number of rotatable bonds is 10. The van der Waals surface area contributed by atoms with Crippen molar-refractivity contribution in [1.29, 1.82) is 0 Å². The zero-order valence-corrected chi connectivity index (χ0v) is 16.6. The van der Waals surface area contributed by atoms with Gasteiger partial charge in [0.15, 0.2) is 0 Å². The summed E-state index contributed by atoms with van der Waals surface area (Å²) in [6.45, 7) is 5.38. The van der Waals surface area contributed by atoms with Crippen molar-refractivity contribution in [3.05, 3.63) is 29.8 Å². The molecule has 0 aliphatic heterocycles. The van der Waals surface area contributed by atoms with Crippen LogP contribution in [0.2, 0.25) is 0 Å². The molecular formula is C17H28N4O4S. The van der Waals surface area contributed by atoms with E-state index in [1.54, 1.807) is 13.8 Å². The summed E-state index contributed by atoms with van der Waals surface area (Å²) in [5, 5.41) is 5.21. The smallest absolute Gasteiger partial charge is 0.251 e. The van der Waals surface area contributed by atoms with Crippen LogP contribution in [0, 0.1) is 0 Å². The van der Waals surface area contributed by atoms with Crippen molar-refractivity contribution < 1.29 is 18.0 Å². The van der Waals surface area contributed by atoms with Gasteiger partial charge in [0.05, 0.1) is 11.4 Å². The lowest BCUT2D eigenvalue weighted by molar-refractivity contribution is -0.120. The summed E-state index contributed by atoms with van der Waals surface area (Å²) in [6, 6.07) is 5.69. The van der Waals surface area contributed by atoms with E-state index in [0.717, 1.165) is 0 Å². The van der Waals surface area contributed by atoms with Gasteiger partial charge in [-0.1, -0.05) is 13.8 Å². The molecule has 0 atom stereocenters. The van der Waals surface area contributed by atoms with E-state index in [1.165, 1.54) is 28.6 Å². The summed E-state index contributed by atoms with van der Waals surface area (Å²) in [6.07, 6.45) is 0. The molecule has 1 rings (SSSR count). The largest absolute Gasteiger partial charge is 0.353 e. The molecule has 26 heavy (non-hydrogen) atoms. The number of nitrogens with zero attached hydrogens (tertiary/aromatic N) is 2. The summed E-state index contributed by atoms with van der Waals surface area (Å²) in [4.78, 5) is 25.8. The average molecular weight is 385 g/mol. The van der Waals surface area contributed by atoms with Crippen LogP contribution in [0.1, 0.15) is 24.2 Å². The minimum absolute atomic E-state index is 0.133. The number of carbonyl (C=O) groups excluding carboxylic acids is 2. The highest BCUT2D eigenvalue weighted by Crippen LogP contribution is 2.16. The van der Waals surface area contributed by atoms with Gasteiger partial charge in [-0.25, -0.2) is 8.42 Å². The molecule has 1 aromatic carbocycles. The summed E-state index contributed by atoms with van der Waals surface area (Å²) >= 11 is 0. The number of nitrogens with one attached hydrogen (secondary N) is 2. The third kappa shape index (κ3) is 6.40. The molecule has 0 aliphatic rings. The summed E-state index contributed by atoms with van der Waals surface area (Å²) < 4.78 is 26.2. The molecule has 0 fully saturated rings. The van der Waals surface area contributed by atoms with Crippen LogP contribution in [-0.4, -0.2) is 76.3 Å². The number of amides is 2. The van der Waals surface area contributed by atoms with Gasteiger partial charge < -0.3 is 15.5 Å². The van der Waals surface area contributed by atoms with E-state index in [0.29, 0.717) is 31.7 Å². The molecule has 9 heteroatoms. The standard InChI is InChI=1S/C17H28N4O4S/c1-5-21(6-2)26(24,25)15-9-7-14(8-10-15)17(23)19-13-16(22)18-11-12-20(3)4/h7-10H,5-6,11-13H2,1-4H3,(H,18,22)(H,19,23).